The molecule has 0 saturated carbocycles. The van der Waals surface area contributed by atoms with E-state index in [1.807, 2.05) is 23.1 Å². The van der Waals surface area contributed by atoms with Crippen LogP contribution in [-0.4, -0.2) is 22.9 Å². The average molecular weight is 174 g/mol. The van der Waals surface area contributed by atoms with Crippen molar-refractivity contribution in [3.8, 4) is 0 Å². The molecular weight excluding hydrogens is 162 g/mol. The van der Waals surface area contributed by atoms with Gasteiger partial charge in [-0.15, -0.1) is 12.4 Å². The van der Waals surface area contributed by atoms with Gasteiger partial charge in [-0.2, -0.15) is 5.10 Å². The van der Waals surface area contributed by atoms with Gasteiger partial charge < -0.3 is 5.32 Å². The zero-order valence-corrected chi connectivity index (χ0v) is 7.05. The molecule has 0 radical (unpaired) electrons. The average Bonchev–Trinajstić information content (AvgIpc) is 2.59. The maximum Gasteiger partial charge on any atom is 0.0655 e. The number of rotatable bonds is 1. The maximum absolute atomic E-state index is 4.17. The predicted octanol–water partition coefficient (Wildman–Crippen LogP) is 0.839. The fraction of sp³-hybridized carbons (Fsp3) is 0.571. The van der Waals surface area contributed by atoms with Gasteiger partial charge >= 0.3 is 0 Å². The molecule has 0 aliphatic carbocycles. The fourth-order valence-electron chi connectivity index (χ4n) is 1.36. The number of nitrogens with one attached hydrogen (secondary N) is 1. The van der Waals surface area contributed by atoms with Crippen LogP contribution < -0.4 is 5.32 Å². The van der Waals surface area contributed by atoms with Crippen LogP contribution in [0.5, 0.6) is 0 Å². The Balaban J connectivity index is 0.000000605. The molecule has 3 nitrogen and oxygen atoms in total. The summed E-state index contributed by atoms with van der Waals surface area (Å²) in [6.45, 7) is 2.20. The molecule has 1 aliphatic rings. The first-order chi connectivity index (χ1) is 4.97. The van der Waals surface area contributed by atoms with E-state index in [-0.39, 0.29) is 12.4 Å². The minimum atomic E-state index is 0. The molecule has 62 valence electrons. The summed E-state index contributed by atoms with van der Waals surface area (Å²) < 4.78 is 2.03. The Hall–Kier alpha value is -0.540. The normalized spacial score (nSPS) is 23.1. The molecule has 1 aliphatic heterocycles. The standard InChI is InChI=1S/C7H11N3.ClH/c1-3-9-10(5-1)7-2-4-8-6-7;/h1,3,5,7-8H,2,4,6H2;1H/t7-;/m1./s1. The van der Waals surface area contributed by atoms with Crippen LogP contribution in [0.25, 0.3) is 0 Å². The van der Waals surface area contributed by atoms with E-state index in [0.717, 1.165) is 13.1 Å². The highest BCUT2D eigenvalue weighted by atomic mass is 35.5. The molecule has 4 heteroatoms. The summed E-state index contributed by atoms with van der Waals surface area (Å²) in [5, 5.41) is 7.47. The molecule has 0 aromatic carbocycles. The quantitative estimate of drug-likeness (QED) is 0.682. The molecule has 1 saturated heterocycles. The molecule has 0 spiro atoms. The van der Waals surface area contributed by atoms with Crippen LogP contribution >= 0.6 is 12.4 Å². The van der Waals surface area contributed by atoms with E-state index in [1.165, 1.54) is 6.42 Å². The lowest BCUT2D eigenvalue weighted by molar-refractivity contribution is 0.491. The van der Waals surface area contributed by atoms with E-state index in [4.69, 9.17) is 0 Å². The molecule has 1 aromatic rings. The highest BCUT2D eigenvalue weighted by Crippen LogP contribution is 2.12. The zero-order valence-electron chi connectivity index (χ0n) is 6.23. The van der Waals surface area contributed by atoms with Crippen molar-refractivity contribution < 1.29 is 0 Å². The SMILES string of the molecule is Cl.c1cnn([C@@H]2CCNC2)c1. The van der Waals surface area contributed by atoms with Gasteiger partial charge in [0.15, 0.2) is 0 Å². The summed E-state index contributed by atoms with van der Waals surface area (Å²) in [5.41, 5.74) is 0. The fourth-order valence-corrected chi connectivity index (χ4v) is 1.36. The van der Waals surface area contributed by atoms with Gasteiger partial charge in [-0.3, -0.25) is 4.68 Å². The van der Waals surface area contributed by atoms with Crippen molar-refractivity contribution in [2.24, 2.45) is 0 Å². The van der Waals surface area contributed by atoms with Crippen molar-refractivity contribution >= 4 is 12.4 Å². The number of hydrogen-bond acceptors (Lipinski definition) is 2. The first kappa shape index (κ1) is 8.56. The Morgan fingerprint density at radius 1 is 1.55 bits per heavy atom. The highest BCUT2D eigenvalue weighted by Gasteiger charge is 2.15. The molecule has 0 unspecified atom stereocenters. The van der Waals surface area contributed by atoms with E-state index in [9.17, 15) is 0 Å². The predicted molar refractivity (Wildman–Crippen MR) is 46.0 cm³/mol. The maximum atomic E-state index is 4.17. The molecule has 2 heterocycles. The van der Waals surface area contributed by atoms with Gasteiger partial charge in [0.05, 0.1) is 6.04 Å². The largest absolute Gasteiger partial charge is 0.315 e. The second kappa shape index (κ2) is 3.74. The third kappa shape index (κ3) is 1.73. The summed E-state index contributed by atoms with van der Waals surface area (Å²) in [6.07, 6.45) is 5.07. The second-order valence-electron chi connectivity index (χ2n) is 2.63. The summed E-state index contributed by atoms with van der Waals surface area (Å²) in [5.74, 6) is 0. The van der Waals surface area contributed by atoms with Crippen molar-refractivity contribution in [3.63, 3.8) is 0 Å². The number of halogens is 1. The van der Waals surface area contributed by atoms with Crippen LogP contribution in [0.3, 0.4) is 0 Å². The Morgan fingerprint density at radius 2 is 2.45 bits per heavy atom. The van der Waals surface area contributed by atoms with Gasteiger partial charge in [0.2, 0.25) is 0 Å². The third-order valence-corrected chi connectivity index (χ3v) is 1.93. The summed E-state index contributed by atoms with van der Waals surface area (Å²) >= 11 is 0. The van der Waals surface area contributed by atoms with Gasteiger partial charge in [-0.25, -0.2) is 0 Å². The summed E-state index contributed by atoms with van der Waals surface area (Å²) in [4.78, 5) is 0. The molecule has 1 fully saturated rings. The molecule has 1 N–H and O–H groups in total. The Kier molecular flexibility index (Phi) is 2.91. The van der Waals surface area contributed by atoms with Gasteiger partial charge in [-0.1, -0.05) is 0 Å². The van der Waals surface area contributed by atoms with E-state index in [2.05, 4.69) is 10.4 Å². The molecule has 2 rings (SSSR count). The zero-order chi connectivity index (χ0) is 6.81. The lowest BCUT2D eigenvalue weighted by atomic mass is 10.3. The molecule has 1 atom stereocenters. The Bertz CT molecular complexity index is 191. The van der Waals surface area contributed by atoms with E-state index in [1.54, 1.807) is 0 Å². The number of hydrogen-bond donors (Lipinski definition) is 1. The molecule has 1 aromatic heterocycles. The van der Waals surface area contributed by atoms with E-state index in [0.29, 0.717) is 6.04 Å². The van der Waals surface area contributed by atoms with Crippen molar-refractivity contribution in [1.29, 1.82) is 0 Å². The summed E-state index contributed by atoms with van der Waals surface area (Å²) in [7, 11) is 0. The molecule has 11 heavy (non-hydrogen) atoms. The minimum absolute atomic E-state index is 0. The van der Waals surface area contributed by atoms with Gasteiger partial charge in [0.25, 0.3) is 0 Å². The van der Waals surface area contributed by atoms with Crippen LogP contribution in [0.4, 0.5) is 0 Å². The minimum Gasteiger partial charge on any atom is -0.315 e. The van der Waals surface area contributed by atoms with Crippen LogP contribution in [0, 0.1) is 0 Å². The number of nitrogens with zero attached hydrogens (tertiary/aromatic N) is 2. The first-order valence-corrected chi connectivity index (χ1v) is 3.66. The first-order valence-electron chi connectivity index (χ1n) is 3.66. The highest BCUT2D eigenvalue weighted by molar-refractivity contribution is 5.85. The second-order valence-corrected chi connectivity index (χ2v) is 2.63. The van der Waals surface area contributed by atoms with Gasteiger partial charge in [-0.05, 0) is 19.0 Å². The molecular formula is C7H12ClN3. The van der Waals surface area contributed by atoms with Crippen LogP contribution in [0.15, 0.2) is 18.5 Å². The van der Waals surface area contributed by atoms with Crippen LogP contribution in [0.1, 0.15) is 12.5 Å². The van der Waals surface area contributed by atoms with E-state index >= 15 is 0 Å². The van der Waals surface area contributed by atoms with Crippen molar-refractivity contribution in [2.45, 2.75) is 12.5 Å². The van der Waals surface area contributed by atoms with Crippen molar-refractivity contribution in [1.82, 2.24) is 15.1 Å². The van der Waals surface area contributed by atoms with E-state index < -0.39 is 0 Å². The van der Waals surface area contributed by atoms with Gasteiger partial charge in [0, 0.05) is 18.9 Å². The van der Waals surface area contributed by atoms with Crippen LogP contribution in [-0.2, 0) is 0 Å². The Labute approximate surface area is 72.2 Å². The monoisotopic (exact) mass is 173 g/mol. The van der Waals surface area contributed by atoms with Crippen molar-refractivity contribution in [3.05, 3.63) is 18.5 Å². The van der Waals surface area contributed by atoms with Crippen molar-refractivity contribution in [2.75, 3.05) is 13.1 Å². The number of aromatic nitrogens is 2. The Morgan fingerprint density at radius 3 is 3.00 bits per heavy atom. The lowest BCUT2D eigenvalue weighted by Crippen LogP contribution is -2.13. The molecule has 0 amide bonds. The lowest BCUT2D eigenvalue weighted by Gasteiger charge is -2.06. The van der Waals surface area contributed by atoms with Gasteiger partial charge in [0.1, 0.15) is 0 Å². The topological polar surface area (TPSA) is 29.9 Å². The smallest absolute Gasteiger partial charge is 0.0655 e. The third-order valence-electron chi connectivity index (χ3n) is 1.93. The summed E-state index contributed by atoms with van der Waals surface area (Å²) in [6, 6.07) is 2.56. The molecule has 0 bridgehead atoms. The van der Waals surface area contributed by atoms with Crippen LogP contribution in [0.2, 0.25) is 0 Å².